The van der Waals surface area contributed by atoms with E-state index in [-0.39, 0.29) is 30.4 Å². The van der Waals surface area contributed by atoms with Crippen LogP contribution in [0, 0.1) is 104 Å². The molecule has 0 spiro atoms. The van der Waals surface area contributed by atoms with Crippen molar-refractivity contribution in [2.45, 2.75) is 74.0 Å². The Balaban J connectivity index is 0.000000181. The zero-order chi connectivity index (χ0) is 102. The van der Waals surface area contributed by atoms with Gasteiger partial charge in [-0.15, -0.1) is 28.5 Å². The van der Waals surface area contributed by atoms with Crippen molar-refractivity contribution < 1.29 is 109 Å². The van der Waals surface area contributed by atoms with Crippen LogP contribution in [0.15, 0.2) is 299 Å². The number of aromatic nitrogens is 15. The highest BCUT2D eigenvalue weighted by Crippen LogP contribution is 2.62. The van der Waals surface area contributed by atoms with E-state index in [1.165, 1.54) is 18.2 Å². The van der Waals surface area contributed by atoms with Crippen LogP contribution in [0.4, 0.5) is 52.7 Å². The number of tetrazole rings is 3. The molecule has 0 aliphatic heterocycles. The number of nitrogens with zero attached hydrogens (tertiary/aromatic N) is 18. The van der Waals surface area contributed by atoms with Crippen LogP contribution in [0.3, 0.4) is 0 Å². The lowest BCUT2D eigenvalue weighted by Gasteiger charge is -2.41. The minimum absolute atomic E-state index is 0.195. The standard InChI is InChI=1S/C37H29F4N6O5P.C31H21F4N6O5P.C31H20F4N6O2/c1-3-19-50-53(48,51-20-4-2)52-36(25-47-26-44-45-46-47,33-17-14-31(38)21-34(33)39)37(40,41)35-18-13-29(23-43-35)8-5-27-11-15-32(16-12-27)49-24-30-9-6-28(22-42)7-10-30;32-25-10-13-27(28(33)15-25)30(46-47(42,43)44,19-41-20-38-39-40-41)31(34,35)29-14-9-23(17-37-29)4-1-21-7-11-26(12-8-21)45-18-24-5-2-22(16-36)3-6-24;32-25-10-13-27(28(33)15-25)30(42,19-41-20-38-39-40-41)31(34,35)29-14-9-23(17-37-29)4-1-21-7-11-26(12-8-21)43-18-24-5-2-22(16-36)3-6-24/h3-4,6-7,9-18,21,23,26H,1-2,19-20,24-25H2;2-3,5-15,17,20H,18-19H2,(H2,42,43,44);2-3,5-15,17,20,42H,18-19H2. The monoisotopic (exact) mass is 1990 g/mol. The van der Waals surface area contributed by atoms with Crippen molar-refractivity contribution in [1.82, 2.24) is 75.6 Å². The van der Waals surface area contributed by atoms with Gasteiger partial charge in [0, 0.05) is 86.9 Å². The number of hydrogen-bond acceptors (Lipinski definition) is 25. The maximum absolute atomic E-state index is 17.2. The molecule has 0 aliphatic carbocycles. The molecule has 0 radical (unpaired) electrons. The van der Waals surface area contributed by atoms with E-state index in [1.54, 1.807) is 133 Å². The van der Waals surface area contributed by atoms with Crippen LogP contribution in [0.1, 0.15) is 101 Å². The first-order chi connectivity index (χ1) is 68.6. The first-order valence-corrected chi connectivity index (χ1v) is 44.6. The molecular weight excluding hydrogens is 1920 g/mol. The summed E-state index contributed by atoms with van der Waals surface area (Å²) in [5, 5.41) is 68.8. The average molecular weight is 1990 g/mol. The Bertz CT molecular complexity index is 7390. The predicted octanol–water partition coefficient (Wildman–Crippen LogP) is 17.3. The van der Waals surface area contributed by atoms with E-state index < -0.39 is 152 Å². The number of rotatable bonds is 34. The normalized spacial score (nSPS) is 12.6. The van der Waals surface area contributed by atoms with E-state index in [0.29, 0.717) is 91.7 Å². The molecule has 44 heteroatoms. The summed E-state index contributed by atoms with van der Waals surface area (Å²) >= 11 is 0. The van der Waals surface area contributed by atoms with Gasteiger partial charge in [0.15, 0.2) is 16.8 Å². The maximum atomic E-state index is 17.2. The van der Waals surface area contributed by atoms with Gasteiger partial charge in [0.25, 0.3) is 0 Å². The molecule has 30 nitrogen and oxygen atoms in total. The van der Waals surface area contributed by atoms with Crippen molar-refractivity contribution in [1.29, 1.82) is 15.8 Å². The number of pyridine rings is 3. The van der Waals surface area contributed by atoms with Gasteiger partial charge in [0.2, 0.25) is 0 Å². The molecule has 3 N–H and O–H groups in total. The number of nitriles is 3. The van der Waals surface area contributed by atoms with Gasteiger partial charge in [0.05, 0.1) is 67.7 Å². The second-order valence-electron chi connectivity index (χ2n) is 30.3. The number of hydrogen-bond donors (Lipinski definition) is 3. The summed E-state index contributed by atoms with van der Waals surface area (Å²) < 4.78 is 252. The van der Waals surface area contributed by atoms with Gasteiger partial charge >= 0.3 is 33.4 Å². The quantitative estimate of drug-likeness (QED) is 0.0146. The highest BCUT2D eigenvalue weighted by Gasteiger charge is 2.65. The van der Waals surface area contributed by atoms with E-state index in [4.69, 9.17) is 43.6 Å². The molecule has 0 amide bonds. The molecular formula is C99H70F12N18O12P2. The zero-order valence-electron chi connectivity index (χ0n) is 73.7. The molecule has 0 saturated heterocycles. The van der Waals surface area contributed by atoms with Crippen LogP contribution < -0.4 is 14.2 Å². The second-order valence-corrected chi connectivity index (χ2v) is 33.1. The molecule has 3 atom stereocenters. The van der Waals surface area contributed by atoms with Crippen LogP contribution in [-0.4, -0.2) is 104 Å². The molecule has 3 unspecified atom stereocenters. The molecule has 0 aliphatic rings. The van der Waals surface area contributed by atoms with Gasteiger partial charge in [0.1, 0.15) is 108 Å². The van der Waals surface area contributed by atoms with Crippen molar-refractivity contribution in [3.8, 4) is 71.0 Å². The second kappa shape index (κ2) is 46.2. The Morgan fingerprint density at radius 2 is 0.650 bits per heavy atom. The number of ether oxygens (including phenoxy) is 3. The van der Waals surface area contributed by atoms with Gasteiger partial charge in [-0.3, -0.25) is 33.0 Å². The molecule has 9 aromatic carbocycles. The van der Waals surface area contributed by atoms with Crippen LogP contribution in [0.5, 0.6) is 17.2 Å². The van der Waals surface area contributed by atoms with Gasteiger partial charge in [-0.05, 0) is 230 Å². The van der Waals surface area contributed by atoms with Crippen LogP contribution >= 0.6 is 15.6 Å². The van der Waals surface area contributed by atoms with E-state index >= 15 is 35.1 Å². The summed E-state index contributed by atoms with van der Waals surface area (Å²) in [5.74, 6) is -1.75. The predicted molar refractivity (Wildman–Crippen MR) is 482 cm³/mol. The summed E-state index contributed by atoms with van der Waals surface area (Å²) in [5.41, 5.74) is -9.05. The summed E-state index contributed by atoms with van der Waals surface area (Å²) in [6.07, 6.45) is 8.24. The lowest BCUT2D eigenvalue weighted by Crippen LogP contribution is -2.49. The Morgan fingerprint density at radius 3 is 0.930 bits per heavy atom. The largest absolute Gasteiger partial charge is 0.489 e. The SMILES string of the molecule is C=CCOP(=O)(OCC=C)OC(Cn1cnnn1)(c1ccc(F)cc1F)C(F)(F)c1ccc(C#Cc2ccc(OCc3ccc(C#N)cc3)cc2)cn1.N#Cc1ccc(COc2ccc(C#Cc3ccc(C(F)(F)C(Cn4cnnn4)(OP(=O)(O)O)c4ccc(F)cc4F)nc3)cc2)cc1.N#Cc1ccc(COc2ccc(C#Cc3ccc(C(F)(F)C(O)(Cn4cnnn4)c4ccc(F)cc4F)nc3)cc2)cc1. The summed E-state index contributed by atoms with van der Waals surface area (Å²) in [6, 6.07) is 59.3. The van der Waals surface area contributed by atoms with Crippen LogP contribution in [0.2, 0.25) is 0 Å². The third-order valence-electron chi connectivity index (χ3n) is 20.6. The molecule has 15 rings (SSSR count). The summed E-state index contributed by atoms with van der Waals surface area (Å²) in [7, 11) is -10.8. The first kappa shape index (κ1) is 103. The van der Waals surface area contributed by atoms with Crippen LogP contribution in [-0.2, 0) is 101 Å². The maximum Gasteiger partial charge on any atom is 0.476 e. The Morgan fingerprint density at radius 1 is 0.364 bits per heavy atom. The van der Waals surface area contributed by atoms with Crippen molar-refractivity contribution in [2.24, 2.45) is 0 Å². The fourth-order valence-corrected chi connectivity index (χ4v) is 15.5. The molecule has 722 valence electrons. The number of benzene rings is 9. The van der Waals surface area contributed by atoms with E-state index in [9.17, 15) is 41.6 Å². The zero-order valence-corrected chi connectivity index (χ0v) is 75.5. The summed E-state index contributed by atoms with van der Waals surface area (Å²) in [4.78, 5) is 30.9. The minimum Gasteiger partial charge on any atom is -0.489 e. The highest BCUT2D eigenvalue weighted by molar-refractivity contribution is 7.48. The van der Waals surface area contributed by atoms with Crippen molar-refractivity contribution in [2.75, 3.05) is 13.2 Å². The van der Waals surface area contributed by atoms with Gasteiger partial charge in [-0.2, -0.15) is 42.1 Å². The minimum atomic E-state index is -5.79. The van der Waals surface area contributed by atoms with Crippen molar-refractivity contribution >= 4 is 15.6 Å². The Labute approximate surface area is 805 Å². The molecule has 15 aromatic rings. The van der Waals surface area contributed by atoms with Gasteiger partial charge in [-0.25, -0.2) is 49.5 Å². The lowest BCUT2D eigenvalue weighted by molar-refractivity contribution is -0.207. The molecule has 0 fully saturated rings. The molecule has 6 aromatic heterocycles. The lowest BCUT2D eigenvalue weighted by atomic mass is 9.84. The third kappa shape index (κ3) is 26.1. The van der Waals surface area contributed by atoms with Crippen LogP contribution in [0.25, 0.3) is 0 Å². The van der Waals surface area contributed by atoms with E-state index in [0.717, 1.165) is 118 Å². The number of halogens is 12. The molecule has 0 saturated carbocycles. The van der Waals surface area contributed by atoms with Crippen molar-refractivity contribution in [3.05, 3.63) is 435 Å². The molecule has 143 heavy (non-hydrogen) atoms. The number of phosphoric ester groups is 2. The summed E-state index contributed by atoms with van der Waals surface area (Å²) in [6.45, 7) is 3.60. The van der Waals surface area contributed by atoms with Gasteiger partial charge in [-0.1, -0.05) is 84.1 Å². The highest BCUT2D eigenvalue weighted by atomic mass is 31.2. The number of alkyl halides is 6. The van der Waals surface area contributed by atoms with E-state index in [1.807, 2.05) is 18.2 Å². The third-order valence-corrected chi connectivity index (χ3v) is 22.6. The first-order valence-electron chi connectivity index (χ1n) is 41.6. The fourth-order valence-electron chi connectivity index (χ4n) is 13.5. The van der Waals surface area contributed by atoms with Crippen molar-refractivity contribution in [3.63, 3.8) is 0 Å². The Kier molecular flexibility index (Phi) is 33.4. The van der Waals surface area contributed by atoms with Gasteiger partial charge < -0.3 is 29.1 Å². The molecule has 0 bridgehead atoms. The molecule has 6 heterocycles. The fraction of sp³-hybridized carbons (Fsp3) is 0.141. The number of phosphoric acid groups is 2. The Hall–Kier alpha value is -17.0. The van der Waals surface area contributed by atoms with E-state index in [2.05, 4.69) is 127 Å². The number of aliphatic hydroxyl groups is 1. The smallest absolute Gasteiger partial charge is 0.476 e. The average Bonchev–Trinajstić information content (AvgIpc) is 1.74. The topological polar surface area (TPSA) is 400 Å².